The normalized spacial score (nSPS) is 18.1. The van der Waals surface area contributed by atoms with Gasteiger partial charge in [-0.3, -0.25) is 19.7 Å². The third-order valence-electron chi connectivity index (χ3n) is 4.59. The number of halogens is 1. The van der Waals surface area contributed by atoms with Gasteiger partial charge < -0.3 is 4.90 Å². The first-order valence-corrected chi connectivity index (χ1v) is 8.62. The molecule has 0 spiro atoms. The molecule has 0 N–H and O–H groups in total. The van der Waals surface area contributed by atoms with Crippen LogP contribution >= 0.6 is 0 Å². The molecule has 1 aromatic carbocycles. The molecule has 1 atom stereocenters. The van der Waals surface area contributed by atoms with Crippen LogP contribution in [0.15, 0.2) is 42.9 Å². The van der Waals surface area contributed by atoms with Gasteiger partial charge in [-0.2, -0.15) is 0 Å². The third-order valence-corrected chi connectivity index (χ3v) is 4.59. The first-order valence-electron chi connectivity index (χ1n) is 8.62. The van der Waals surface area contributed by atoms with E-state index in [2.05, 4.69) is 14.9 Å². The molecule has 132 valence electrons. The quantitative estimate of drug-likeness (QED) is 0.838. The molecule has 1 aliphatic rings. The average Bonchev–Trinajstić information content (AvgIpc) is 2.64. The van der Waals surface area contributed by atoms with Crippen molar-refractivity contribution in [3.8, 4) is 0 Å². The Morgan fingerprint density at radius 2 is 2.08 bits per heavy atom. The number of rotatable bonds is 5. The van der Waals surface area contributed by atoms with Gasteiger partial charge in [0.25, 0.3) is 0 Å². The first-order chi connectivity index (χ1) is 12.1. The van der Waals surface area contributed by atoms with Gasteiger partial charge in [0.05, 0.1) is 24.5 Å². The molecule has 2 aromatic rings. The first kappa shape index (κ1) is 17.5. The van der Waals surface area contributed by atoms with Crippen molar-refractivity contribution < 1.29 is 9.18 Å². The van der Waals surface area contributed by atoms with E-state index in [4.69, 9.17) is 0 Å². The van der Waals surface area contributed by atoms with Crippen LogP contribution in [-0.4, -0.2) is 45.3 Å². The summed E-state index contributed by atoms with van der Waals surface area (Å²) in [5.41, 5.74) is 1.80. The molecule has 0 saturated carbocycles. The minimum Gasteiger partial charge on any atom is -0.338 e. The summed E-state index contributed by atoms with van der Waals surface area (Å²) in [6.45, 7) is 2.00. The van der Waals surface area contributed by atoms with Crippen molar-refractivity contribution in [2.24, 2.45) is 0 Å². The number of likely N-dealkylation sites (N-methyl/N-ethyl adjacent to an activating group) is 1. The number of carbonyl (C=O) groups is 1. The molecule has 1 aromatic heterocycles. The van der Waals surface area contributed by atoms with Gasteiger partial charge in [-0.05, 0) is 37.1 Å². The van der Waals surface area contributed by atoms with E-state index in [0.717, 1.165) is 37.1 Å². The highest BCUT2D eigenvalue weighted by atomic mass is 19.1. The van der Waals surface area contributed by atoms with Crippen molar-refractivity contribution in [1.29, 1.82) is 0 Å². The Balaban J connectivity index is 1.66. The largest absolute Gasteiger partial charge is 0.338 e. The predicted octanol–water partition coefficient (Wildman–Crippen LogP) is 2.63. The lowest BCUT2D eigenvalue weighted by molar-refractivity contribution is -0.137. The standard InChI is InChI=1S/C19H23FN4O/c1-23(14-17-12-21-9-10-22-17)19(25)18-4-2-3-11-24(18)13-15-5-7-16(20)8-6-15/h5-10,12,18H,2-4,11,13-14H2,1H3/t18-/m1/s1. The molecular weight excluding hydrogens is 319 g/mol. The van der Waals surface area contributed by atoms with E-state index in [0.29, 0.717) is 13.1 Å². The highest BCUT2D eigenvalue weighted by molar-refractivity contribution is 5.81. The lowest BCUT2D eigenvalue weighted by Crippen LogP contribution is -2.49. The molecule has 25 heavy (non-hydrogen) atoms. The van der Waals surface area contributed by atoms with Crippen molar-refractivity contribution in [3.63, 3.8) is 0 Å². The Morgan fingerprint density at radius 3 is 2.80 bits per heavy atom. The monoisotopic (exact) mass is 342 g/mol. The summed E-state index contributed by atoms with van der Waals surface area (Å²) in [5, 5.41) is 0. The molecule has 1 amide bonds. The molecular formula is C19H23FN4O. The lowest BCUT2D eigenvalue weighted by atomic mass is 10.00. The Kier molecular flexibility index (Phi) is 5.71. The second kappa shape index (κ2) is 8.16. The molecule has 0 bridgehead atoms. The molecule has 6 heteroatoms. The van der Waals surface area contributed by atoms with Gasteiger partial charge in [0, 0.05) is 26.0 Å². The maximum absolute atomic E-state index is 13.1. The summed E-state index contributed by atoms with van der Waals surface area (Å²) in [5.74, 6) is -0.133. The van der Waals surface area contributed by atoms with E-state index in [1.165, 1.54) is 12.1 Å². The fraction of sp³-hybridized carbons (Fsp3) is 0.421. The van der Waals surface area contributed by atoms with E-state index in [-0.39, 0.29) is 17.8 Å². The molecule has 0 radical (unpaired) electrons. The maximum Gasteiger partial charge on any atom is 0.240 e. The van der Waals surface area contributed by atoms with Crippen LogP contribution in [0.3, 0.4) is 0 Å². The summed E-state index contributed by atoms with van der Waals surface area (Å²) in [4.78, 5) is 25.1. The van der Waals surface area contributed by atoms with Crippen LogP contribution in [-0.2, 0) is 17.9 Å². The topological polar surface area (TPSA) is 49.3 Å². The Bertz CT molecular complexity index is 692. The molecule has 3 rings (SSSR count). The molecule has 2 heterocycles. The third kappa shape index (κ3) is 4.60. The fourth-order valence-electron chi connectivity index (χ4n) is 3.27. The lowest BCUT2D eigenvalue weighted by Gasteiger charge is -2.36. The SMILES string of the molecule is CN(Cc1cnccn1)C(=O)[C@H]1CCCCN1Cc1ccc(F)cc1. The van der Waals surface area contributed by atoms with E-state index < -0.39 is 0 Å². The van der Waals surface area contributed by atoms with E-state index in [9.17, 15) is 9.18 Å². The van der Waals surface area contributed by atoms with Crippen molar-refractivity contribution >= 4 is 5.91 Å². The van der Waals surface area contributed by atoms with Crippen LogP contribution in [0.5, 0.6) is 0 Å². The van der Waals surface area contributed by atoms with E-state index in [1.54, 1.807) is 35.6 Å². The smallest absolute Gasteiger partial charge is 0.240 e. The van der Waals surface area contributed by atoms with Gasteiger partial charge in [-0.25, -0.2) is 4.39 Å². The zero-order valence-corrected chi connectivity index (χ0v) is 14.4. The van der Waals surface area contributed by atoms with Gasteiger partial charge in [-0.15, -0.1) is 0 Å². The number of amides is 1. The van der Waals surface area contributed by atoms with Gasteiger partial charge in [0.1, 0.15) is 5.82 Å². The zero-order valence-electron chi connectivity index (χ0n) is 14.4. The molecule has 5 nitrogen and oxygen atoms in total. The van der Waals surface area contributed by atoms with Crippen LogP contribution < -0.4 is 0 Å². The van der Waals surface area contributed by atoms with Gasteiger partial charge in [-0.1, -0.05) is 18.6 Å². The number of piperidine rings is 1. The summed E-state index contributed by atoms with van der Waals surface area (Å²) in [6, 6.07) is 6.37. The van der Waals surface area contributed by atoms with Crippen LogP contribution in [0.2, 0.25) is 0 Å². The van der Waals surface area contributed by atoms with Crippen LogP contribution in [0.4, 0.5) is 4.39 Å². The highest BCUT2D eigenvalue weighted by Gasteiger charge is 2.30. The number of aromatic nitrogens is 2. The number of hydrogen-bond acceptors (Lipinski definition) is 4. The van der Waals surface area contributed by atoms with Crippen LogP contribution in [0.1, 0.15) is 30.5 Å². The van der Waals surface area contributed by atoms with Crippen molar-refractivity contribution in [2.75, 3.05) is 13.6 Å². The second-order valence-corrected chi connectivity index (χ2v) is 6.50. The van der Waals surface area contributed by atoms with Crippen LogP contribution in [0.25, 0.3) is 0 Å². The summed E-state index contributed by atoms with van der Waals surface area (Å²) >= 11 is 0. The summed E-state index contributed by atoms with van der Waals surface area (Å²) in [6.07, 6.45) is 7.92. The second-order valence-electron chi connectivity index (χ2n) is 6.50. The van der Waals surface area contributed by atoms with Crippen LogP contribution in [0, 0.1) is 5.82 Å². The van der Waals surface area contributed by atoms with Crippen molar-refractivity contribution in [1.82, 2.24) is 19.8 Å². The van der Waals surface area contributed by atoms with Gasteiger partial charge in [0.2, 0.25) is 5.91 Å². The van der Waals surface area contributed by atoms with E-state index in [1.807, 2.05) is 7.05 Å². The number of carbonyl (C=O) groups excluding carboxylic acids is 1. The highest BCUT2D eigenvalue weighted by Crippen LogP contribution is 2.21. The van der Waals surface area contributed by atoms with E-state index >= 15 is 0 Å². The molecule has 1 saturated heterocycles. The fourth-order valence-corrected chi connectivity index (χ4v) is 3.27. The Hall–Kier alpha value is -2.34. The number of nitrogens with zero attached hydrogens (tertiary/aromatic N) is 4. The Morgan fingerprint density at radius 1 is 1.28 bits per heavy atom. The minimum atomic E-state index is -0.237. The average molecular weight is 342 g/mol. The van der Waals surface area contributed by atoms with Crippen molar-refractivity contribution in [3.05, 3.63) is 59.9 Å². The van der Waals surface area contributed by atoms with Gasteiger partial charge >= 0.3 is 0 Å². The summed E-state index contributed by atoms with van der Waals surface area (Å²) < 4.78 is 13.1. The summed E-state index contributed by atoms with van der Waals surface area (Å²) in [7, 11) is 1.81. The molecule has 0 unspecified atom stereocenters. The minimum absolute atomic E-state index is 0.104. The number of likely N-dealkylation sites (tertiary alicyclic amines) is 1. The predicted molar refractivity (Wildman–Crippen MR) is 93.0 cm³/mol. The molecule has 0 aliphatic carbocycles. The molecule has 1 aliphatic heterocycles. The zero-order chi connectivity index (χ0) is 17.6. The number of benzene rings is 1. The maximum atomic E-state index is 13.1. The number of hydrogen-bond donors (Lipinski definition) is 0. The Labute approximate surface area is 147 Å². The van der Waals surface area contributed by atoms with Gasteiger partial charge in [0.15, 0.2) is 0 Å². The van der Waals surface area contributed by atoms with Crippen molar-refractivity contribution in [2.45, 2.75) is 38.4 Å². The molecule has 1 fully saturated rings.